The Labute approximate surface area is 226 Å². The van der Waals surface area contributed by atoms with Gasteiger partial charge in [0.25, 0.3) is 0 Å². The summed E-state index contributed by atoms with van der Waals surface area (Å²) >= 11 is 1.63. The molecule has 2 amide bonds. The maximum Gasteiger partial charge on any atom is 0.310 e. The van der Waals surface area contributed by atoms with Gasteiger partial charge in [0.05, 0.1) is 28.7 Å². The molecule has 2 aromatic rings. The molecule has 3 unspecified atom stereocenters. The third-order valence-corrected chi connectivity index (χ3v) is 10.3. The summed E-state index contributed by atoms with van der Waals surface area (Å²) in [7, 11) is 0. The number of fused-ring (bicyclic) bond motifs is 2. The molecule has 0 aliphatic carbocycles. The van der Waals surface area contributed by atoms with Crippen molar-refractivity contribution in [1.82, 2.24) is 24.8 Å². The Balaban J connectivity index is 1.53. The van der Waals surface area contributed by atoms with Crippen molar-refractivity contribution < 1.29 is 24.2 Å². The topological polar surface area (TPSA) is 118 Å². The van der Waals surface area contributed by atoms with Crippen LogP contribution in [0, 0.1) is 17.8 Å². The van der Waals surface area contributed by atoms with Crippen LogP contribution in [0.15, 0.2) is 36.9 Å². The van der Waals surface area contributed by atoms with Gasteiger partial charge in [-0.05, 0) is 44.2 Å². The van der Waals surface area contributed by atoms with Gasteiger partial charge in [-0.2, -0.15) is 0 Å². The first-order chi connectivity index (χ1) is 18.4. The van der Waals surface area contributed by atoms with Crippen molar-refractivity contribution in [3.05, 3.63) is 36.9 Å². The van der Waals surface area contributed by atoms with Gasteiger partial charge in [0.15, 0.2) is 0 Å². The van der Waals surface area contributed by atoms with Gasteiger partial charge >= 0.3 is 5.97 Å². The number of aromatic nitrogens is 3. The number of hydrogen-bond acceptors (Lipinski definition) is 8. The van der Waals surface area contributed by atoms with Gasteiger partial charge in [0.2, 0.25) is 11.8 Å². The Bertz CT molecular complexity index is 1240. The number of amides is 2. The molecule has 204 valence electrons. The number of thioether (sulfide) groups is 1. The second-order valence-corrected chi connectivity index (χ2v) is 11.9. The maximum absolute atomic E-state index is 14.5. The van der Waals surface area contributed by atoms with Crippen molar-refractivity contribution in [3.8, 4) is 0 Å². The van der Waals surface area contributed by atoms with Crippen molar-refractivity contribution in [2.24, 2.45) is 17.8 Å². The number of benzene rings is 1. The normalized spacial score (nSPS) is 29.6. The van der Waals surface area contributed by atoms with Gasteiger partial charge in [-0.15, -0.1) is 23.4 Å². The molecule has 1 N–H and O–H groups in total. The molecule has 2 bridgehead atoms. The average molecular weight is 542 g/mol. The Hall–Kier alpha value is -2.92. The number of carbonyl (C=O) groups excluding carboxylic acids is 3. The van der Waals surface area contributed by atoms with Crippen LogP contribution in [0.3, 0.4) is 0 Å². The maximum atomic E-state index is 14.5. The molecule has 10 nitrogen and oxygen atoms in total. The van der Waals surface area contributed by atoms with E-state index in [1.807, 2.05) is 24.3 Å². The molecule has 3 saturated heterocycles. The van der Waals surface area contributed by atoms with E-state index in [2.05, 4.69) is 23.8 Å². The van der Waals surface area contributed by atoms with Gasteiger partial charge < -0.3 is 19.6 Å². The number of unbranched alkanes of at least 4 members (excludes halogenated alkanes) is 1. The van der Waals surface area contributed by atoms with Gasteiger partial charge in [-0.3, -0.25) is 14.4 Å². The van der Waals surface area contributed by atoms with Crippen molar-refractivity contribution in [1.29, 1.82) is 0 Å². The number of aliphatic hydroxyl groups excluding tert-OH is 1. The molecule has 3 aliphatic rings. The van der Waals surface area contributed by atoms with E-state index in [0.717, 1.165) is 17.5 Å². The smallest absolute Gasteiger partial charge is 0.310 e. The average Bonchev–Trinajstić information content (AvgIpc) is 3.62. The van der Waals surface area contributed by atoms with Gasteiger partial charge in [0.1, 0.15) is 18.2 Å². The van der Waals surface area contributed by atoms with Crippen LogP contribution in [0.2, 0.25) is 0 Å². The minimum atomic E-state index is -0.738. The predicted octanol–water partition coefficient (Wildman–Crippen LogP) is 2.08. The summed E-state index contributed by atoms with van der Waals surface area (Å²) in [6.45, 7) is 8.75. The number of esters is 1. The number of aliphatic hydroxyl groups is 1. The van der Waals surface area contributed by atoms with E-state index in [0.29, 0.717) is 19.4 Å². The van der Waals surface area contributed by atoms with Crippen LogP contribution in [0.1, 0.15) is 33.1 Å². The molecule has 1 aromatic carbocycles. The summed E-state index contributed by atoms with van der Waals surface area (Å²) in [5.74, 6) is -1.81. The number of rotatable bonds is 11. The molecule has 4 heterocycles. The predicted molar refractivity (Wildman–Crippen MR) is 143 cm³/mol. The lowest BCUT2D eigenvalue weighted by Gasteiger charge is -2.40. The second-order valence-electron chi connectivity index (χ2n) is 10.3. The summed E-state index contributed by atoms with van der Waals surface area (Å²) in [6, 6.07) is 6.82. The van der Waals surface area contributed by atoms with Crippen LogP contribution < -0.4 is 0 Å². The molecule has 3 fully saturated rings. The molecule has 11 heteroatoms. The van der Waals surface area contributed by atoms with E-state index in [9.17, 15) is 19.5 Å². The number of likely N-dealkylation sites (tertiary alicyclic amines) is 1. The highest BCUT2D eigenvalue weighted by Gasteiger charge is 2.76. The summed E-state index contributed by atoms with van der Waals surface area (Å²) in [4.78, 5) is 45.0. The zero-order chi connectivity index (χ0) is 27.0. The quantitative estimate of drug-likeness (QED) is 0.261. The van der Waals surface area contributed by atoms with Crippen molar-refractivity contribution in [2.45, 2.75) is 55.8 Å². The fourth-order valence-electron chi connectivity index (χ4n) is 6.67. The molecule has 1 spiro atoms. The summed E-state index contributed by atoms with van der Waals surface area (Å²) in [5, 5.41) is 17.8. The summed E-state index contributed by atoms with van der Waals surface area (Å²) in [6.07, 6.45) is 3.51. The van der Waals surface area contributed by atoms with E-state index < -0.39 is 22.6 Å². The Morgan fingerprint density at radius 2 is 2.13 bits per heavy atom. The summed E-state index contributed by atoms with van der Waals surface area (Å²) in [5.41, 5.74) is 1.54. The first-order valence-electron chi connectivity index (χ1n) is 13.3. The monoisotopic (exact) mass is 541 g/mol. The number of ether oxygens (including phenoxy) is 1. The fourth-order valence-corrected chi connectivity index (χ4v) is 9.07. The number of hydrogen-bond donors (Lipinski definition) is 1. The SMILES string of the molecule is C=CCN(Cn1nnc2ccccc21)C(=O)C1N(CCCCO)C(=O)[C@@H]2[C@@H](C(=O)OCC)[C@H]3CC(C)C12S3. The van der Waals surface area contributed by atoms with E-state index in [-0.39, 0.29) is 55.4 Å². The van der Waals surface area contributed by atoms with Gasteiger partial charge in [-0.1, -0.05) is 30.3 Å². The van der Waals surface area contributed by atoms with Crippen molar-refractivity contribution >= 4 is 40.6 Å². The minimum Gasteiger partial charge on any atom is -0.466 e. The molecular weight excluding hydrogens is 506 g/mol. The van der Waals surface area contributed by atoms with Crippen LogP contribution in [0.4, 0.5) is 0 Å². The Morgan fingerprint density at radius 3 is 2.87 bits per heavy atom. The highest BCUT2D eigenvalue weighted by Crippen LogP contribution is 2.68. The minimum absolute atomic E-state index is 0.00978. The van der Waals surface area contributed by atoms with E-state index in [1.54, 1.807) is 39.2 Å². The lowest BCUT2D eigenvalue weighted by Crippen LogP contribution is -2.57. The van der Waals surface area contributed by atoms with Crippen LogP contribution in [0.5, 0.6) is 0 Å². The molecule has 1 aromatic heterocycles. The first kappa shape index (κ1) is 26.7. The first-order valence-corrected chi connectivity index (χ1v) is 14.2. The Morgan fingerprint density at radius 1 is 1.34 bits per heavy atom. The lowest BCUT2D eigenvalue weighted by atomic mass is 9.66. The van der Waals surface area contributed by atoms with Gasteiger partial charge in [-0.25, -0.2) is 4.68 Å². The molecule has 6 atom stereocenters. The van der Waals surface area contributed by atoms with E-state index in [4.69, 9.17) is 4.74 Å². The Kier molecular flexibility index (Phi) is 7.50. The number of nitrogens with zero attached hydrogens (tertiary/aromatic N) is 5. The zero-order valence-electron chi connectivity index (χ0n) is 21.9. The van der Waals surface area contributed by atoms with Crippen molar-refractivity contribution in [2.75, 3.05) is 26.3 Å². The largest absolute Gasteiger partial charge is 0.466 e. The molecule has 0 radical (unpaired) electrons. The van der Waals surface area contributed by atoms with Crippen molar-refractivity contribution in [3.63, 3.8) is 0 Å². The van der Waals surface area contributed by atoms with Crippen LogP contribution in [-0.2, 0) is 25.8 Å². The fraction of sp³-hybridized carbons (Fsp3) is 0.593. The molecular formula is C27H35N5O5S. The summed E-state index contributed by atoms with van der Waals surface area (Å²) < 4.78 is 6.37. The zero-order valence-corrected chi connectivity index (χ0v) is 22.7. The highest BCUT2D eigenvalue weighted by atomic mass is 32.2. The molecule has 38 heavy (non-hydrogen) atoms. The van der Waals surface area contributed by atoms with Gasteiger partial charge in [0, 0.05) is 24.9 Å². The molecule has 0 saturated carbocycles. The number of para-hydroxylation sites is 1. The lowest BCUT2D eigenvalue weighted by molar-refractivity contribution is -0.154. The van der Waals surface area contributed by atoms with Crippen LogP contribution in [0.25, 0.3) is 11.0 Å². The van der Waals surface area contributed by atoms with E-state index in [1.165, 1.54) is 0 Å². The second kappa shape index (κ2) is 10.7. The van der Waals surface area contributed by atoms with E-state index >= 15 is 0 Å². The van der Waals surface area contributed by atoms with Crippen LogP contribution >= 0.6 is 11.8 Å². The third kappa shape index (κ3) is 4.10. The van der Waals surface area contributed by atoms with Crippen LogP contribution in [-0.4, -0.2) is 90.0 Å². The molecule has 5 rings (SSSR count). The standard InChI is InChI=1S/C27H35N5O5S/c1-4-12-30(16-32-19-11-7-6-10-18(19)28-29-32)25(35)23-27-17(3)15-20(38-27)21(26(36)37-5-2)22(27)24(34)31(23)13-8-9-14-33/h4,6-7,10-11,17,20-23,33H,1,5,8-9,12-16H2,2-3H3/t17?,20-,21+,22+,23?,27?/m1/s1. The highest BCUT2D eigenvalue weighted by molar-refractivity contribution is 8.02. The number of carbonyl (C=O) groups is 3. The molecule has 3 aliphatic heterocycles. The third-order valence-electron chi connectivity index (χ3n) is 8.23.